The summed E-state index contributed by atoms with van der Waals surface area (Å²) in [7, 11) is 0. The van der Waals surface area contributed by atoms with Crippen molar-refractivity contribution in [2.75, 3.05) is 19.8 Å². The Hall–Kier alpha value is 0.0300. The minimum Gasteiger partial charge on any atom is -0.377 e. The molecule has 0 aromatic rings. The van der Waals surface area contributed by atoms with Gasteiger partial charge in [-0.2, -0.15) is 0 Å². The summed E-state index contributed by atoms with van der Waals surface area (Å²) in [6, 6.07) is 0. The van der Waals surface area contributed by atoms with Crippen molar-refractivity contribution in [2.24, 2.45) is 5.14 Å². The summed E-state index contributed by atoms with van der Waals surface area (Å²) in [4.78, 5) is 0. The monoisotopic (exact) mass is 190 g/mol. The standard InChI is InChI=1S/C7H14N2O2S/c8-12(10)9-4-2-1-3-7(9)5-11-6-7/h1-6,8H2. The third kappa shape index (κ3) is 1.21. The van der Waals surface area contributed by atoms with Crippen molar-refractivity contribution < 1.29 is 8.95 Å². The number of hydrogen-bond donors (Lipinski definition) is 1. The molecule has 0 aromatic carbocycles. The fourth-order valence-electron chi connectivity index (χ4n) is 1.98. The van der Waals surface area contributed by atoms with Gasteiger partial charge in [-0.05, 0) is 12.8 Å². The van der Waals surface area contributed by atoms with Gasteiger partial charge in [-0.3, -0.25) is 0 Å². The second kappa shape index (κ2) is 3.06. The smallest absolute Gasteiger partial charge is 0.167 e. The molecule has 2 fully saturated rings. The first-order chi connectivity index (χ1) is 5.75. The zero-order valence-corrected chi connectivity index (χ0v) is 7.81. The first kappa shape index (κ1) is 8.62. The van der Waals surface area contributed by atoms with Crippen molar-refractivity contribution in [2.45, 2.75) is 24.8 Å². The second-order valence-corrected chi connectivity index (χ2v) is 4.55. The average molecular weight is 190 g/mol. The summed E-state index contributed by atoms with van der Waals surface area (Å²) in [6.45, 7) is 2.26. The zero-order chi connectivity index (χ0) is 8.60. The van der Waals surface area contributed by atoms with E-state index in [2.05, 4.69) is 0 Å². The van der Waals surface area contributed by atoms with Gasteiger partial charge >= 0.3 is 0 Å². The Morgan fingerprint density at radius 2 is 2.17 bits per heavy atom. The normalized spacial score (nSPS) is 31.4. The molecule has 2 rings (SSSR count). The molecule has 1 spiro atoms. The molecule has 0 aromatic heterocycles. The topological polar surface area (TPSA) is 55.6 Å². The molecule has 2 heterocycles. The number of hydrogen-bond acceptors (Lipinski definition) is 2. The molecular formula is C7H14N2O2S. The van der Waals surface area contributed by atoms with Crippen molar-refractivity contribution in [1.29, 1.82) is 0 Å². The number of nitrogens with two attached hydrogens (primary N) is 1. The minimum atomic E-state index is -1.32. The van der Waals surface area contributed by atoms with E-state index in [0.29, 0.717) is 13.2 Å². The van der Waals surface area contributed by atoms with Gasteiger partial charge in [-0.1, -0.05) is 6.42 Å². The fourth-order valence-corrected chi connectivity index (χ4v) is 2.87. The predicted molar refractivity (Wildman–Crippen MR) is 46.4 cm³/mol. The Labute approximate surface area is 74.8 Å². The number of rotatable bonds is 1. The van der Waals surface area contributed by atoms with Gasteiger partial charge < -0.3 is 4.74 Å². The summed E-state index contributed by atoms with van der Waals surface area (Å²) in [6.07, 6.45) is 3.39. The van der Waals surface area contributed by atoms with Gasteiger partial charge in [0, 0.05) is 6.54 Å². The van der Waals surface area contributed by atoms with Crippen LogP contribution in [0, 0.1) is 0 Å². The summed E-state index contributed by atoms with van der Waals surface area (Å²) >= 11 is -1.32. The van der Waals surface area contributed by atoms with Crippen molar-refractivity contribution in [3.63, 3.8) is 0 Å². The van der Waals surface area contributed by atoms with Crippen LogP contribution in [0.5, 0.6) is 0 Å². The maximum absolute atomic E-state index is 11.2. The molecule has 70 valence electrons. The Kier molecular flexibility index (Phi) is 2.20. The van der Waals surface area contributed by atoms with E-state index in [1.165, 1.54) is 6.42 Å². The van der Waals surface area contributed by atoms with E-state index >= 15 is 0 Å². The molecule has 0 aliphatic carbocycles. The van der Waals surface area contributed by atoms with Gasteiger partial charge in [0.2, 0.25) is 0 Å². The highest BCUT2D eigenvalue weighted by atomic mass is 32.2. The Bertz CT molecular complexity index is 206. The van der Waals surface area contributed by atoms with Crippen LogP contribution in [-0.2, 0) is 15.9 Å². The van der Waals surface area contributed by atoms with Gasteiger partial charge in [0.05, 0.1) is 18.8 Å². The lowest BCUT2D eigenvalue weighted by Crippen LogP contribution is -2.65. The highest BCUT2D eigenvalue weighted by molar-refractivity contribution is 7.80. The summed E-state index contributed by atoms with van der Waals surface area (Å²) in [5.74, 6) is 0. The molecule has 12 heavy (non-hydrogen) atoms. The van der Waals surface area contributed by atoms with Crippen LogP contribution in [0.15, 0.2) is 0 Å². The van der Waals surface area contributed by atoms with Gasteiger partial charge in [0.25, 0.3) is 0 Å². The van der Waals surface area contributed by atoms with Crippen molar-refractivity contribution in [3.8, 4) is 0 Å². The molecule has 5 heteroatoms. The van der Waals surface area contributed by atoms with Crippen LogP contribution in [0.25, 0.3) is 0 Å². The van der Waals surface area contributed by atoms with E-state index in [0.717, 1.165) is 19.4 Å². The highest BCUT2D eigenvalue weighted by Gasteiger charge is 2.47. The van der Waals surface area contributed by atoms with E-state index in [-0.39, 0.29) is 5.54 Å². The Morgan fingerprint density at radius 1 is 1.42 bits per heavy atom. The van der Waals surface area contributed by atoms with E-state index in [9.17, 15) is 4.21 Å². The molecule has 2 N–H and O–H groups in total. The van der Waals surface area contributed by atoms with Gasteiger partial charge in [-0.25, -0.2) is 13.7 Å². The molecule has 2 aliphatic heterocycles. The average Bonchev–Trinajstić information content (AvgIpc) is 2.01. The molecule has 1 atom stereocenters. The predicted octanol–water partition coefficient (Wildman–Crippen LogP) is -0.221. The highest BCUT2D eigenvalue weighted by Crippen LogP contribution is 2.34. The third-order valence-corrected chi connectivity index (χ3v) is 3.75. The molecule has 1 unspecified atom stereocenters. The van der Waals surface area contributed by atoms with Crippen LogP contribution in [0.4, 0.5) is 0 Å². The van der Waals surface area contributed by atoms with Crippen LogP contribution in [0.3, 0.4) is 0 Å². The maximum Gasteiger partial charge on any atom is 0.167 e. The minimum absolute atomic E-state index is 0.0257. The fraction of sp³-hybridized carbons (Fsp3) is 1.00. The molecule has 0 saturated carbocycles. The lowest BCUT2D eigenvalue weighted by atomic mass is 9.87. The number of piperidine rings is 1. The Morgan fingerprint density at radius 3 is 2.58 bits per heavy atom. The van der Waals surface area contributed by atoms with Gasteiger partial charge in [0.1, 0.15) is 0 Å². The van der Waals surface area contributed by atoms with Crippen LogP contribution in [0.1, 0.15) is 19.3 Å². The molecule has 0 bridgehead atoms. The Balaban J connectivity index is 2.11. The van der Waals surface area contributed by atoms with Gasteiger partial charge in [-0.15, -0.1) is 0 Å². The third-order valence-electron chi connectivity index (χ3n) is 2.74. The van der Waals surface area contributed by atoms with Gasteiger partial charge in [0.15, 0.2) is 11.2 Å². The second-order valence-electron chi connectivity index (χ2n) is 3.55. The van der Waals surface area contributed by atoms with Crippen LogP contribution >= 0.6 is 0 Å². The van der Waals surface area contributed by atoms with Crippen molar-refractivity contribution >= 4 is 11.2 Å². The maximum atomic E-state index is 11.2. The summed E-state index contributed by atoms with van der Waals surface area (Å²) in [5.41, 5.74) is 0.0257. The van der Waals surface area contributed by atoms with E-state index in [1.54, 1.807) is 0 Å². The quantitative estimate of drug-likeness (QED) is 0.621. The van der Waals surface area contributed by atoms with E-state index in [4.69, 9.17) is 9.88 Å². The lowest BCUT2D eigenvalue weighted by molar-refractivity contribution is -0.124. The molecule has 4 nitrogen and oxygen atoms in total. The van der Waals surface area contributed by atoms with Crippen LogP contribution in [0.2, 0.25) is 0 Å². The molecule has 2 aliphatic rings. The van der Waals surface area contributed by atoms with Crippen molar-refractivity contribution in [1.82, 2.24) is 4.31 Å². The zero-order valence-electron chi connectivity index (χ0n) is 6.99. The SMILES string of the molecule is NS(=O)N1CCCCC12COC2. The van der Waals surface area contributed by atoms with E-state index in [1.807, 2.05) is 4.31 Å². The lowest BCUT2D eigenvalue weighted by Gasteiger charge is -2.50. The molecular weight excluding hydrogens is 176 g/mol. The first-order valence-electron chi connectivity index (χ1n) is 4.26. The van der Waals surface area contributed by atoms with Crippen LogP contribution < -0.4 is 5.14 Å². The van der Waals surface area contributed by atoms with Crippen LogP contribution in [-0.4, -0.2) is 33.8 Å². The summed E-state index contributed by atoms with van der Waals surface area (Å²) in [5, 5.41) is 5.39. The largest absolute Gasteiger partial charge is 0.377 e. The number of nitrogens with zero attached hydrogens (tertiary/aromatic N) is 1. The van der Waals surface area contributed by atoms with Crippen molar-refractivity contribution in [3.05, 3.63) is 0 Å². The number of ether oxygens (including phenoxy) is 1. The molecule has 0 radical (unpaired) electrons. The molecule has 0 amide bonds. The molecule has 2 saturated heterocycles. The van der Waals surface area contributed by atoms with E-state index < -0.39 is 11.2 Å². The summed E-state index contributed by atoms with van der Waals surface area (Å²) < 4.78 is 18.2. The first-order valence-corrected chi connectivity index (χ1v) is 5.43.